The summed E-state index contributed by atoms with van der Waals surface area (Å²) in [5.41, 5.74) is 4.78. The number of thioether (sulfide) groups is 1. The molecule has 1 aromatic heterocycles. The van der Waals surface area contributed by atoms with Crippen molar-refractivity contribution in [3.05, 3.63) is 80.5 Å². The Kier molecular flexibility index (Phi) is 5.79. The average molecular weight is 499 g/mol. The number of rotatable bonds is 4. The molecule has 3 aromatic rings. The fourth-order valence-electron chi connectivity index (χ4n) is 4.58. The molecule has 0 fully saturated rings. The summed E-state index contributed by atoms with van der Waals surface area (Å²) in [6.07, 6.45) is 1.24. The zero-order valence-electron chi connectivity index (χ0n) is 18.7. The molecule has 0 unspecified atom stereocenters. The maximum Gasteiger partial charge on any atom is 0.227 e. The lowest BCUT2D eigenvalue weighted by molar-refractivity contribution is -0.118. The highest BCUT2D eigenvalue weighted by Gasteiger charge is 2.42. The van der Waals surface area contributed by atoms with E-state index in [0.717, 1.165) is 23.4 Å². The Bertz CT molecular complexity index is 1300. The molecule has 2 heterocycles. The van der Waals surface area contributed by atoms with Gasteiger partial charge in [0.25, 0.3) is 0 Å². The number of hydrogen-bond donors (Lipinski definition) is 1. The van der Waals surface area contributed by atoms with Crippen LogP contribution >= 0.6 is 35.0 Å². The lowest BCUT2D eigenvalue weighted by atomic mass is 9.73. The molecule has 2 aliphatic rings. The fraction of sp³-hybridized carbons (Fsp3) is 0.320. The maximum atomic E-state index is 13.3. The van der Waals surface area contributed by atoms with Crippen LogP contribution < -0.4 is 5.32 Å². The second-order valence-corrected chi connectivity index (χ2v) is 11.2. The summed E-state index contributed by atoms with van der Waals surface area (Å²) >= 11 is 14.4. The first-order chi connectivity index (χ1) is 15.7. The molecule has 0 spiro atoms. The summed E-state index contributed by atoms with van der Waals surface area (Å²) in [5, 5.41) is 9.93. The van der Waals surface area contributed by atoms with Gasteiger partial charge in [-0.2, -0.15) is 4.98 Å². The largest absolute Gasteiger partial charge is 0.328 e. The normalized spacial score (nSPS) is 19.2. The van der Waals surface area contributed by atoms with Gasteiger partial charge in [0, 0.05) is 39.1 Å². The lowest BCUT2D eigenvalue weighted by Gasteiger charge is -2.38. The number of aryl methyl sites for hydroxylation is 1. The molecule has 0 radical (unpaired) electrons. The number of anilines is 1. The minimum Gasteiger partial charge on any atom is -0.328 e. The summed E-state index contributed by atoms with van der Waals surface area (Å²) in [5.74, 6) is 1.50. The van der Waals surface area contributed by atoms with Crippen molar-refractivity contribution < 1.29 is 4.79 Å². The molecule has 0 saturated heterocycles. The average Bonchev–Trinajstić information content (AvgIpc) is 3.13. The number of halogens is 2. The molecule has 2 aromatic carbocycles. The van der Waals surface area contributed by atoms with Crippen LogP contribution in [0.15, 0.2) is 58.9 Å². The number of Topliss-reactive ketones (excluding diaryl/α,β-unsaturated/α-hetero) is 1. The Balaban J connectivity index is 1.56. The molecule has 33 heavy (non-hydrogen) atoms. The predicted octanol–water partition coefficient (Wildman–Crippen LogP) is 6.84. The number of aromatic nitrogens is 3. The van der Waals surface area contributed by atoms with E-state index in [9.17, 15) is 4.79 Å². The van der Waals surface area contributed by atoms with E-state index in [4.69, 9.17) is 33.3 Å². The smallest absolute Gasteiger partial charge is 0.227 e. The number of allylic oxidation sites excluding steroid dienone is 2. The molecule has 5 nitrogen and oxygen atoms in total. The van der Waals surface area contributed by atoms with E-state index in [0.29, 0.717) is 33.1 Å². The van der Waals surface area contributed by atoms with E-state index < -0.39 is 6.04 Å². The number of carbonyl (C=O) groups is 1. The van der Waals surface area contributed by atoms with Crippen LogP contribution in [0.25, 0.3) is 0 Å². The quantitative estimate of drug-likeness (QED) is 0.398. The third kappa shape index (κ3) is 4.32. The summed E-state index contributed by atoms with van der Waals surface area (Å²) < 4.78 is 1.80. The van der Waals surface area contributed by atoms with Gasteiger partial charge < -0.3 is 5.32 Å². The highest BCUT2D eigenvalue weighted by molar-refractivity contribution is 7.98. The molecule has 1 aliphatic heterocycles. The van der Waals surface area contributed by atoms with Crippen molar-refractivity contribution in [1.82, 2.24) is 14.8 Å². The summed E-state index contributed by atoms with van der Waals surface area (Å²) in [6.45, 7) is 6.33. The van der Waals surface area contributed by atoms with Crippen LogP contribution in [0.1, 0.15) is 49.4 Å². The van der Waals surface area contributed by atoms with Crippen molar-refractivity contribution in [2.45, 2.75) is 50.6 Å². The van der Waals surface area contributed by atoms with E-state index in [1.807, 2.05) is 18.2 Å². The second kappa shape index (κ2) is 8.49. The molecule has 5 rings (SSSR count). The minimum atomic E-state index is -0.440. The third-order valence-electron chi connectivity index (χ3n) is 6.19. The van der Waals surface area contributed by atoms with Crippen molar-refractivity contribution in [2.24, 2.45) is 5.41 Å². The van der Waals surface area contributed by atoms with Gasteiger partial charge in [0.15, 0.2) is 5.78 Å². The first kappa shape index (κ1) is 22.5. The first-order valence-electron chi connectivity index (χ1n) is 10.8. The Morgan fingerprint density at radius 2 is 1.97 bits per heavy atom. The fourth-order valence-corrected chi connectivity index (χ4v) is 5.99. The van der Waals surface area contributed by atoms with E-state index in [1.165, 1.54) is 11.1 Å². The number of carbonyl (C=O) groups excluding carboxylic acids is 1. The number of fused-ring (bicyclic) bond motifs is 1. The van der Waals surface area contributed by atoms with Crippen molar-refractivity contribution in [1.29, 1.82) is 0 Å². The molecule has 1 aliphatic carbocycles. The van der Waals surface area contributed by atoms with Crippen molar-refractivity contribution in [3.8, 4) is 0 Å². The van der Waals surface area contributed by atoms with Crippen molar-refractivity contribution in [3.63, 3.8) is 0 Å². The number of ketones is 1. The van der Waals surface area contributed by atoms with Crippen LogP contribution in [0.3, 0.4) is 0 Å². The number of benzene rings is 2. The van der Waals surface area contributed by atoms with E-state index in [1.54, 1.807) is 28.6 Å². The number of hydrogen-bond acceptors (Lipinski definition) is 5. The Labute approximate surface area is 207 Å². The van der Waals surface area contributed by atoms with E-state index >= 15 is 0 Å². The van der Waals surface area contributed by atoms with Gasteiger partial charge in [0.2, 0.25) is 11.1 Å². The molecule has 0 amide bonds. The van der Waals surface area contributed by atoms with E-state index in [-0.39, 0.29) is 11.2 Å². The first-order valence-corrected chi connectivity index (χ1v) is 12.6. The molecule has 8 heteroatoms. The van der Waals surface area contributed by atoms with Crippen LogP contribution in [0.2, 0.25) is 10.0 Å². The summed E-state index contributed by atoms with van der Waals surface area (Å²) in [7, 11) is 0. The maximum absolute atomic E-state index is 13.3. The Morgan fingerprint density at radius 3 is 2.73 bits per heavy atom. The van der Waals surface area contributed by atoms with Crippen LogP contribution in [-0.4, -0.2) is 20.5 Å². The lowest BCUT2D eigenvalue weighted by Crippen LogP contribution is -2.36. The van der Waals surface area contributed by atoms with Gasteiger partial charge in [-0.15, -0.1) is 5.10 Å². The Morgan fingerprint density at radius 1 is 1.18 bits per heavy atom. The zero-order valence-corrected chi connectivity index (χ0v) is 21.0. The topological polar surface area (TPSA) is 59.8 Å². The van der Waals surface area contributed by atoms with Crippen LogP contribution in [0.5, 0.6) is 0 Å². The monoisotopic (exact) mass is 498 g/mol. The van der Waals surface area contributed by atoms with Gasteiger partial charge in [0.05, 0.1) is 0 Å². The molecular weight excluding hydrogens is 475 g/mol. The highest BCUT2D eigenvalue weighted by atomic mass is 35.5. The van der Waals surface area contributed by atoms with Gasteiger partial charge in [-0.3, -0.25) is 4.79 Å². The minimum absolute atomic E-state index is 0.111. The number of nitrogens with one attached hydrogen (secondary N) is 1. The SMILES string of the molecule is Cc1ccccc1CSc1nc2n(n1)[C@H](c1ccc(Cl)cc1Cl)C1=C(CC(C)(C)CC1=O)N2. The summed E-state index contributed by atoms with van der Waals surface area (Å²) in [6, 6.07) is 13.3. The standard InChI is InChI=1S/C25H24Cl2N4OS/c1-14-6-4-5-7-15(14)13-33-24-29-23-28-19-11-25(2,3)12-20(32)21(19)22(31(23)30-24)17-9-8-16(26)10-18(17)27/h4-10,22H,11-13H2,1-3H3,(H,28,29,30)/t22-/m1/s1. The predicted molar refractivity (Wildman–Crippen MR) is 134 cm³/mol. The van der Waals surface area contributed by atoms with Gasteiger partial charge in [-0.05, 0) is 42.0 Å². The van der Waals surface area contributed by atoms with E-state index in [2.05, 4.69) is 38.2 Å². The van der Waals surface area contributed by atoms with Crippen LogP contribution in [0.4, 0.5) is 5.95 Å². The zero-order chi connectivity index (χ0) is 23.3. The molecule has 1 N–H and O–H groups in total. The highest BCUT2D eigenvalue weighted by Crippen LogP contribution is 2.47. The van der Waals surface area contributed by atoms with Crippen LogP contribution in [-0.2, 0) is 10.5 Å². The van der Waals surface area contributed by atoms with Gasteiger partial charge in [-0.25, -0.2) is 4.68 Å². The molecule has 1 atom stereocenters. The third-order valence-corrected chi connectivity index (χ3v) is 7.64. The summed E-state index contributed by atoms with van der Waals surface area (Å²) in [4.78, 5) is 18.1. The Hall–Kier alpha value is -2.28. The van der Waals surface area contributed by atoms with Gasteiger partial charge >= 0.3 is 0 Å². The van der Waals surface area contributed by atoms with Crippen molar-refractivity contribution >= 4 is 46.7 Å². The van der Waals surface area contributed by atoms with Crippen LogP contribution in [0, 0.1) is 12.3 Å². The molecule has 0 saturated carbocycles. The molecular formula is C25H24Cl2N4OS. The molecule has 170 valence electrons. The molecule has 0 bridgehead atoms. The second-order valence-electron chi connectivity index (χ2n) is 9.40. The van der Waals surface area contributed by atoms with Gasteiger partial charge in [-0.1, -0.05) is 79.1 Å². The van der Waals surface area contributed by atoms with Crippen molar-refractivity contribution in [2.75, 3.05) is 5.32 Å². The van der Waals surface area contributed by atoms with Gasteiger partial charge in [0.1, 0.15) is 6.04 Å². The number of nitrogens with zero attached hydrogens (tertiary/aromatic N) is 3.